The minimum Gasteiger partial charge on any atom is -0.497 e. The first-order valence-electron chi connectivity index (χ1n) is 13.3. The molecule has 3 aromatic carbocycles. The van der Waals surface area contributed by atoms with Gasteiger partial charge in [0.1, 0.15) is 18.3 Å². The van der Waals surface area contributed by atoms with Crippen LogP contribution in [-0.4, -0.2) is 56.3 Å². The van der Waals surface area contributed by atoms with Crippen LogP contribution in [0.5, 0.6) is 5.75 Å². The molecule has 0 bridgehead atoms. The molecular formula is C29H32Cl2N4O7S. The molecule has 1 unspecified atom stereocenters. The minimum absolute atomic E-state index is 0.105. The second kappa shape index (κ2) is 14.5. The minimum atomic E-state index is -4.53. The second-order valence-electron chi connectivity index (χ2n) is 9.49. The van der Waals surface area contributed by atoms with Crippen molar-refractivity contribution in [1.29, 1.82) is 0 Å². The maximum absolute atomic E-state index is 14.1. The van der Waals surface area contributed by atoms with Gasteiger partial charge in [0.2, 0.25) is 11.8 Å². The number of amides is 2. The molecule has 0 saturated carbocycles. The number of sulfonamides is 1. The predicted molar refractivity (Wildman–Crippen MR) is 165 cm³/mol. The number of carbonyl (C=O) groups is 2. The van der Waals surface area contributed by atoms with Gasteiger partial charge in [-0.1, -0.05) is 42.3 Å². The van der Waals surface area contributed by atoms with Crippen LogP contribution in [0.4, 0.5) is 11.4 Å². The number of aryl methyl sites for hydroxylation is 1. The van der Waals surface area contributed by atoms with Crippen molar-refractivity contribution in [2.45, 2.75) is 44.7 Å². The zero-order valence-electron chi connectivity index (χ0n) is 24.0. The van der Waals surface area contributed by atoms with Gasteiger partial charge in [0.05, 0.1) is 22.6 Å². The van der Waals surface area contributed by atoms with Crippen molar-refractivity contribution in [1.82, 2.24) is 10.2 Å². The highest BCUT2D eigenvalue weighted by Crippen LogP contribution is 2.30. The van der Waals surface area contributed by atoms with E-state index in [-0.39, 0.29) is 39.8 Å². The van der Waals surface area contributed by atoms with Crippen LogP contribution < -0.4 is 14.4 Å². The second-order valence-corrected chi connectivity index (χ2v) is 12.2. The van der Waals surface area contributed by atoms with Crippen molar-refractivity contribution in [3.05, 3.63) is 92.0 Å². The highest BCUT2D eigenvalue weighted by molar-refractivity contribution is 7.92. The number of methoxy groups -OCH3 is 1. The molecule has 0 aliphatic heterocycles. The number of nitrogens with zero attached hydrogens (tertiary/aromatic N) is 3. The fourth-order valence-corrected chi connectivity index (χ4v) is 6.30. The van der Waals surface area contributed by atoms with Gasteiger partial charge in [-0.3, -0.25) is 24.0 Å². The number of nitro groups is 1. The zero-order valence-corrected chi connectivity index (χ0v) is 26.4. The van der Waals surface area contributed by atoms with Crippen molar-refractivity contribution >= 4 is 56.4 Å². The summed E-state index contributed by atoms with van der Waals surface area (Å²) in [5.41, 5.74) is 0.487. The molecule has 230 valence electrons. The molecule has 0 radical (unpaired) electrons. The third kappa shape index (κ3) is 7.95. The lowest BCUT2D eigenvalue weighted by atomic mass is 10.1. The smallest absolute Gasteiger partial charge is 0.273 e. The molecule has 3 aromatic rings. The van der Waals surface area contributed by atoms with Gasteiger partial charge in [0, 0.05) is 34.8 Å². The van der Waals surface area contributed by atoms with E-state index < -0.39 is 39.3 Å². The Bertz CT molecular complexity index is 1600. The van der Waals surface area contributed by atoms with E-state index in [1.165, 1.54) is 61.4 Å². The monoisotopic (exact) mass is 650 g/mol. The number of nitro benzene ring substituents is 1. The molecule has 3 rings (SSSR count). The summed E-state index contributed by atoms with van der Waals surface area (Å²) in [7, 11) is -3.08. The number of rotatable bonds is 13. The number of nitrogens with one attached hydrogen (secondary N) is 1. The van der Waals surface area contributed by atoms with Gasteiger partial charge < -0.3 is 15.0 Å². The summed E-state index contributed by atoms with van der Waals surface area (Å²) in [4.78, 5) is 39.0. The summed E-state index contributed by atoms with van der Waals surface area (Å²) >= 11 is 12.5. The van der Waals surface area contributed by atoms with E-state index in [0.29, 0.717) is 22.9 Å². The molecule has 11 nitrogen and oxygen atoms in total. The first-order valence-corrected chi connectivity index (χ1v) is 15.5. The Balaban J connectivity index is 2.14. The van der Waals surface area contributed by atoms with Gasteiger partial charge in [-0.25, -0.2) is 8.42 Å². The first-order chi connectivity index (χ1) is 20.3. The molecule has 1 atom stereocenters. The van der Waals surface area contributed by atoms with Gasteiger partial charge in [-0.05, 0) is 68.3 Å². The van der Waals surface area contributed by atoms with E-state index in [1.807, 2.05) is 0 Å². The number of ether oxygens (including phenoxy) is 1. The van der Waals surface area contributed by atoms with Gasteiger partial charge >= 0.3 is 0 Å². The fraction of sp³-hybridized carbons (Fsp3) is 0.310. The number of benzene rings is 3. The van der Waals surface area contributed by atoms with Gasteiger partial charge in [0.25, 0.3) is 15.7 Å². The topological polar surface area (TPSA) is 139 Å². The molecule has 0 saturated heterocycles. The summed E-state index contributed by atoms with van der Waals surface area (Å²) in [5, 5.41) is 15.0. The van der Waals surface area contributed by atoms with Crippen molar-refractivity contribution in [3.8, 4) is 5.75 Å². The number of hydrogen-bond acceptors (Lipinski definition) is 7. The Morgan fingerprint density at radius 2 is 1.72 bits per heavy atom. The molecule has 0 aliphatic rings. The maximum atomic E-state index is 14.1. The van der Waals surface area contributed by atoms with Crippen molar-refractivity contribution in [2.75, 3.05) is 24.5 Å². The zero-order chi connectivity index (χ0) is 31.9. The average molecular weight is 652 g/mol. The molecule has 14 heteroatoms. The normalized spacial score (nSPS) is 11.9. The van der Waals surface area contributed by atoms with E-state index in [9.17, 15) is 28.1 Å². The lowest BCUT2D eigenvalue weighted by molar-refractivity contribution is -0.385. The fourth-order valence-electron chi connectivity index (χ4n) is 4.40. The molecule has 0 fully saturated rings. The van der Waals surface area contributed by atoms with Crippen molar-refractivity contribution in [2.24, 2.45) is 0 Å². The number of anilines is 1. The average Bonchev–Trinajstić information content (AvgIpc) is 2.96. The molecule has 0 spiro atoms. The van der Waals surface area contributed by atoms with E-state index in [2.05, 4.69) is 5.32 Å². The van der Waals surface area contributed by atoms with E-state index in [4.69, 9.17) is 27.9 Å². The van der Waals surface area contributed by atoms with Gasteiger partial charge in [-0.2, -0.15) is 0 Å². The van der Waals surface area contributed by atoms with Crippen LogP contribution in [-0.2, 0) is 26.2 Å². The Labute approximate surface area is 260 Å². The molecule has 0 aliphatic carbocycles. The number of likely N-dealkylation sites (N-methyl/N-ethyl adjacent to an activating group) is 1. The molecule has 2 amide bonds. The summed E-state index contributed by atoms with van der Waals surface area (Å²) in [6.45, 7) is 4.44. The molecule has 43 heavy (non-hydrogen) atoms. The number of halogens is 2. The van der Waals surface area contributed by atoms with Crippen LogP contribution in [0.3, 0.4) is 0 Å². The Hall–Kier alpha value is -3.87. The Morgan fingerprint density at radius 1 is 1.05 bits per heavy atom. The molecule has 1 N–H and O–H groups in total. The van der Waals surface area contributed by atoms with Gasteiger partial charge in [-0.15, -0.1) is 0 Å². The largest absolute Gasteiger partial charge is 0.497 e. The number of carbonyl (C=O) groups excluding carboxylic acids is 2. The van der Waals surface area contributed by atoms with Crippen LogP contribution in [0.15, 0.2) is 65.6 Å². The highest BCUT2D eigenvalue weighted by Gasteiger charge is 2.34. The maximum Gasteiger partial charge on any atom is 0.273 e. The summed E-state index contributed by atoms with van der Waals surface area (Å²) < 4.78 is 34.1. The van der Waals surface area contributed by atoms with Crippen LogP contribution in [0.1, 0.15) is 31.4 Å². The molecule has 0 aromatic heterocycles. The number of hydrogen-bond donors (Lipinski definition) is 1. The third-order valence-electron chi connectivity index (χ3n) is 6.70. The molecular weight excluding hydrogens is 619 g/mol. The Morgan fingerprint density at radius 3 is 2.28 bits per heavy atom. The predicted octanol–water partition coefficient (Wildman–Crippen LogP) is 5.36. The first kappa shape index (κ1) is 33.6. The lowest BCUT2D eigenvalue weighted by Crippen LogP contribution is -2.52. The van der Waals surface area contributed by atoms with Crippen molar-refractivity contribution in [3.63, 3.8) is 0 Å². The van der Waals surface area contributed by atoms with Crippen LogP contribution in [0.25, 0.3) is 0 Å². The van der Waals surface area contributed by atoms with Crippen LogP contribution >= 0.6 is 23.2 Å². The standard InChI is InChI=1S/C29H32Cl2N4O7S/c1-5-26(29(37)32-6-2)33(17-20-8-9-21(30)15-25(20)31)28(36)18-34(22-10-12-23(42-4)13-11-22)43(40,41)24-14-7-19(3)27(16-24)35(38)39/h7-16,26H,5-6,17-18H2,1-4H3,(H,32,37). The van der Waals surface area contributed by atoms with Gasteiger partial charge in [0.15, 0.2) is 0 Å². The van der Waals surface area contributed by atoms with E-state index >= 15 is 0 Å². The SMILES string of the molecule is CCNC(=O)C(CC)N(Cc1ccc(Cl)cc1Cl)C(=O)CN(c1ccc(OC)cc1)S(=O)(=O)c1ccc(C)c([N+](=O)[O-])c1. The van der Waals surface area contributed by atoms with Crippen LogP contribution in [0, 0.1) is 17.0 Å². The van der Waals surface area contributed by atoms with E-state index in [0.717, 1.165) is 10.4 Å². The van der Waals surface area contributed by atoms with Crippen LogP contribution in [0.2, 0.25) is 10.0 Å². The summed E-state index contributed by atoms with van der Waals surface area (Å²) in [6, 6.07) is 13.2. The summed E-state index contributed by atoms with van der Waals surface area (Å²) in [6.07, 6.45) is 0.224. The van der Waals surface area contributed by atoms with E-state index in [1.54, 1.807) is 26.0 Å². The molecule has 0 heterocycles. The highest BCUT2D eigenvalue weighted by atomic mass is 35.5. The third-order valence-corrected chi connectivity index (χ3v) is 9.05. The quantitative estimate of drug-likeness (QED) is 0.194. The van der Waals surface area contributed by atoms with Crippen molar-refractivity contribution < 1.29 is 27.7 Å². The summed E-state index contributed by atoms with van der Waals surface area (Å²) in [5.74, 6) is -0.679. The lowest BCUT2D eigenvalue weighted by Gasteiger charge is -2.33. The Kier molecular flexibility index (Phi) is 11.4.